The molecule has 0 spiro atoms. The molecule has 154 valence electrons. The molecule has 1 aromatic carbocycles. The number of furan rings is 1. The maximum absolute atomic E-state index is 5.71. The van der Waals surface area contributed by atoms with Crippen LogP contribution in [0.5, 0.6) is 0 Å². The number of hydrogen-bond donors (Lipinski definition) is 0. The van der Waals surface area contributed by atoms with E-state index in [1.54, 1.807) is 24.3 Å². The predicted molar refractivity (Wildman–Crippen MR) is 116 cm³/mol. The molecule has 7 heteroatoms. The summed E-state index contributed by atoms with van der Waals surface area (Å²) in [6.45, 7) is 2.07. The van der Waals surface area contributed by atoms with Gasteiger partial charge in [-0.25, -0.2) is 4.98 Å². The quantitative estimate of drug-likeness (QED) is 0.341. The van der Waals surface area contributed by atoms with Crippen LogP contribution in [-0.2, 0) is 5.75 Å². The van der Waals surface area contributed by atoms with Crippen LogP contribution in [0.15, 0.2) is 62.9 Å². The zero-order valence-corrected chi connectivity index (χ0v) is 17.8. The fourth-order valence-corrected chi connectivity index (χ4v) is 4.84. The second-order valence-electron chi connectivity index (χ2n) is 7.74. The van der Waals surface area contributed by atoms with E-state index in [0.717, 1.165) is 40.8 Å². The van der Waals surface area contributed by atoms with Crippen molar-refractivity contribution < 1.29 is 8.83 Å². The molecule has 30 heavy (non-hydrogen) atoms. The first-order valence-corrected chi connectivity index (χ1v) is 11.4. The molecule has 3 aromatic heterocycles. The van der Waals surface area contributed by atoms with Crippen LogP contribution in [0.1, 0.15) is 49.4 Å². The molecule has 0 unspecified atom stereocenters. The van der Waals surface area contributed by atoms with E-state index in [4.69, 9.17) is 8.83 Å². The van der Waals surface area contributed by atoms with Gasteiger partial charge >= 0.3 is 0 Å². The summed E-state index contributed by atoms with van der Waals surface area (Å²) in [6.07, 6.45) is 9.52. The number of thioether (sulfide) groups is 1. The Hall–Kier alpha value is -2.80. The van der Waals surface area contributed by atoms with Gasteiger partial charge in [-0.2, -0.15) is 0 Å². The largest absolute Gasteiger partial charge is 0.461 e. The van der Waals surface area contributed by atoms with Crippen LogP contribution in [0.25, 0.3) is 23.0 Å². The van der Waals surface area contributed by atoms with Gasteiger partial charge in [0.05, 0.1) is 12.0 Å². The number of benzene rings is 1. The Morgan fingerprint density at radius 3 is 2.63 bits per heavy atom. The first kappa shape index (κ1) is 19.2. The molecule has 5 rings (SSSR count). The van der Waals surface area contributed by atoms with E-state index in [0.29, 0.717) is 17.7 Å². The Morgan fingerprint density at radius 2 is 1.87 bits per heavy atom. The highest BCUT2D eigenvalue weighted by Crippen LogP contribution is 2.36. The third-order valence-corrected chi connectivity index (χ3v) is 6.52. The van der Waals surface area contributed by atoms with Gasteiger partial charge in [0.25, 0.3) is 0 Å². The van der Waals surface area contributed by atoms with Gasteiger partial charge in [-0.05, 0) is 44.0 Å². The Balaban J connectivity index is 1.37. The SMILES string of the molecule is Cc1ccc(-c2nc(CSc3nnc(-c4ccco4)n3C3CCCCC3)co2)cc1. The normalized spacial score (nSPS) is 15.0. The molecule has 1 fully saturated rings. The van der Waals surface area contributed by atoms with E-state index in [9.17, 15) is 0 Å². The molecule has 0 radical (unpaired) electrons. The van der Waals surface area contributed by atoms with Gasteiger partial charge in [-0.15, -0.1) is 10.2 Å². The monoisotopic (exact) mass is 420 g/mol. The zero-order chi connectivity index (χ0) is 20.3. The summed E-state index contributed by atoms with van der Waals surface area (Å²) in [4.78, 5) is 4.66. The van der Waals surface area contributed by atoms with Crippen molar-refractivity contribution in [3.63, 3.8) is 0 Å². The average molecular weight is 421 g/mol. The third kappa shape index (κ3) is 3.94. The Kier molecular flexibility index (Phi) is 5.45. The number of oxazole rings is 1. The summed E-state index contributed by atoms with van der Waals surface area (Å²) >= 11 is 1.65. The number of hydrogen-bond acceptors (Lipinski definition) is 6. The van der Waals surface area contributed by atoms with Gasteiger partial charge < -0.3 is 8.83 Å². The van der Waals surface area contributed by atoms with E-state index < -0.39 is 0 Å². The van der Waals surface area contributed by atoms with Crippen molar-refractivity contribution in [1.29, 1.82) is 0 Å². The lowest BCUT2D eigenvalue weighted by atomic mass is 9.95. The second-order valence-corrected chi connectivity index (χ2v) is 8.69. The van der Waals surface area contributed by atoms with Crippen LogP contribution in [0.3, 0.4) is 0 Å². The highest BCUT2D eigenvalue weighted by Gasteiger charge is 2.25. The highest BCUT2D eigenvalue weighted by molar-refractivity contribution is 7.98. The molecule has 0 amide bonds. The van der Waals surface area contributed by atoms with Crippen LogP contribution in [-0.4, -0.2) is 19.7 Å². The molecule has 1 aliphatic rings. The maximum atomic E-state index is 5.71. The molecule has 0 aliphatic heterocycles. The fourth-order valence-electron chi connectivity index (χ4n) is 3.96. The second kappa shape index (κ2) is 8.52. The van der Waals surface area contributed by atoms with Crippen molar-refractivity contribution in [1.82, 2.24) is 19.7 Å². The molecule has 1 aliphatic carbocycles. The van der Waals surface area contributed by atoms with Crippen molar-refractivity contribution in [2.45, 2.75) is 56.0 Å². The van der Waals surface area contributed by atoms with Crippen molar-refractivity contribution in [3.8, 4) is 23.0 Å². The average Bonchev–Trinajstić information content (AvgIpc) is 3.53. The Morgan fingerprint density at radius 1 is 1.03 bits per heavy atom. The first-order valence-electron chi connectivity index (χ1n) is 10.4. The third-order valence-electron chi connectivity index (χ3n) is 5.55. The molecular formula is C23H24N4O2S. The lowest BCUT2D eigenvalue weighted by molar-refractivity contribution is 0.337. The van der Waals surface area contributed by atoms with Gasteiger partial charge in [-0.1, -0.05) is 48.7 Å². The number of aromatic nitrogens is 4. The molecule has 1 saturated carbocycles. The molecule has 4 aromatic rings. The van der Waals surface area contributed by atoms with Gasteiger partial charge in [-0.3, -0.25) is 4.57 Å². The molecule has 0 N–H and O–H groups in total. The number of nitrogens with zero attached hydrogens (tertiary/aromatic N) is 4. The minimum atomic E-state index is 0.414. The fraction of sp³-hybridized carbons (Fsp3) is 0.348. The van der Waals surface area contributed by atoms with Gasteiger partial charge in [0, 0.05) is 17.4 Å². The van der Waals surface area contributed by atoms with Crippen LogP contribution in [0, 0.1) is 6.92 Å². The van der Waals surface area contributed by atoms with Gasteiger partial charge in [0.2, 0.25) is 11.7 Å². The van der Waals surface area contributed by atoms with Crippen LogP contribution in [0.4, 0.5) is 0 Å². The summed E-state index contributed by atoms with van der Waals surface area (Å²) in [6, 6.07) is 12.5. The Bertz CT molecular complexity index is 1090. The molecule has 0 saturated heterocycles. The molecule has 3 heterocycles. The first-order chi connectivity index (χ1) is 14.8. The minimum absolute atomic E-state index is 0.414. The number of rotatable bonds is 6. The summed E-state index contributed by atoms with van der Waals surface area (Å²) in [5.74, 6) is 2.91. The van der Waals surface area contributed by atoms with E-state index in [2.05, 4.69) is 38.8 Å². The minimum Gasteiger partial charge on any atom is -0.461 e. The van der Waals surface area contributed by atoms with Crippen molar-refractivity contribution >= 4 is 11.8 Å². The summed E-state index contributed by atoms with van der Waals surface area (Å²) < 4.78 is 13.6. The van der Waals surface area contributed by atoms with Crippen LogP contribution >= 0.6 is 11.8 Å². The van der Waals surface area contributed by atoms with Gasteiger partial charge in [0.1, 0.15) is 6.26 Å². The van der Waals surface area contributed by atoms with Crippen molar-refractivity contribution in [3.05, 3.63) is 60.2 Å². The lowest BCUT2D eigenvalue weighted by Gasteiger charge is -2.25. The van der Waals surface area contributed by atoms with E-state index in [1.165, 1.54) is 24.8 Å². The molecular weight excluding hydrogens is 396 g/mol. The predicted octanol–water partition coefficient (Wildman–Crippen LogP) is 6.30. The summed E-state index contributed by atoms with van der Waals surface area (Å²) in [5.41, 5.74) is 3.10. The zero-order valence-electron chi connectivity index (χ0n) is 17.0. The standard InChI is InChI=1S/C23H24N4O2S/c1-16-9-11-17(12-10-16)22-24-18(14-29-22)15-30-23-26-25-21(20-8-5-13-28-20)27(23)19-6-3-2-4-7-19/h5,8-14,19H,2-4,6-7,15H2,1H3. The Labute approximate surface area is 179 Å². The van der Waals surface area contributed by atoms with E-state index in [-0.39, 0.29) is 0 Å². The maximum Gasteiger partial charge on any atom is 0.226 e. The lowest BCUT2D eigenvalue weighted by Crippen LogP contribution is -2.15. The molecule has 0 bridgehead atoms. The summed E-state index contributed by atoms with van der Waals surface area (Å²) in [5, 5.41) is 9.87. The van der Waals surface area contributed by atoms with Crippen molar-refractivity contribution in [2.24, 2.45) is 0 Å². The molecule has 0 atom stereocenters. The summed E-state index contributed by atoms with van der Waals surface area (Å²) in [7, 11) is 0. The van der Waals surface area contributed by atoms with Crippen LogP contribution < -0.4 is 0 Å². The topological polar surface area (TPSA) is 69.9 Å². The smallest absolute Gasteiger partial charge is 0.226 e. The molecule has 6 nitrogen and oxygen atoms in total. The van der Waals surface area contributed by atoms with Gasteiger partial charge in [0.15, 0.2) is 10.9 Å². The number of aryl methyl sites for hydroxylation is 1. The van der Waals surface area contributed by atoms with E-state index >= 15 is 0 Å². The van der Waals surface area contributed by atoms with E-state index in [1.807, 2.05) is 24.3 Å². The van der Waals surface area contributed by atoms with Crippen LogP contribution in [0.2, 0.25) is 0 Å². The van der Waals surface area contributed by atoms with Crippen molar-refractivity contribution in [2.75, 3.05) is 0 Å². The highest BCUT2D eigenvalue weighted by atomic mass is 32.2.